The van der Waals surface area contributed by atoms with E-state index in [9.17, 15) is 9.59 Å². The number of nitriles is 1. The zero-order valence-corrected chi connectivity index (χ0v) is 11.2. The summed E-state index contributed by atoms with van der Waals surface area (Å²) < 4.78 is 4.93. The van der Waals surface area contributed by atoms with E-state index in [0.29, 0.717) is 18.4 Å². The number of ketones is 1. The number of carbonyl (C=O) groups excluding carboxylic acids is 2. The molecule has 100 valence electrons. The van der Waals surface area contributed by atoms with Crippen molar-refractivity contribution in [1.82, 2.24) is 0 Å². The van der Waals surface area contributed by atoms with E-state index in [-0.39, 0.29) is 12.4 Å². The van der Waals surface area contributed by atoms with Crippen LogP contribution < -0.4 is 0 Å². The number of Topliss-reactive ketones (excluding diaryl/α,β-unsaturated/α-hetero) is 1. The van der Waals surface area contributed by atoms with Gasteiger partial charge >= 0.3 is 5.97 Å². The van der Waals surface area contributed by atoms with E-state index in [1.165, 1.54) is 0 Å². The fraction of sp³-hybridized carbons (Fsp3) is 0.400. The predicted molar refractivity (Wildman–Crippen MR) is 70.3 cm³/mol. The van der Waals surface area contributed by atoms with Crippen molar-refractivity contribution in [2.24, 2.45) is 5.92 Å². The second kappa shape index (κ2) is 7.32. The smallest absolute Gasteiger partial charge is 0.316 e. The maximum atomic E-state index is 11.8. The quantitative estimate of drug-likeness (QED) is 0.580. The Bertz CT molecular complexity index is 485. The third-order valence-electron chi connectivity index (χ3n) is 2.83. The molecule has 0 N–H and O–H groups in total. The van der Waals surface area contributed by atoms with Crippen molar-refractivity contribution in [2.45, 2.75) is 26.7 Å². The minimum atomic E-state index is -0.752. The van der Waals surface area contributed by atoms with Gasteiger partial charge in [-0.15, -0.1) is 0 Å². The lowest BCUT2D eigenvalue weighted by Crippen LogP contribution is -2.27. The molecule has 0 amide bonds. The summed E-state index contributed by atoms with van der Waals surface area (Å²) in [4.78, 5) is 23.6. The number of hydrogen-bond acceptors (Lipinski definition) is 4. The Balaban J connectivity index is 2.84. The first-order valence-electron chi connectivity index (χ1n) is 6.30. The van der Waals surface area contributed by atoms with Gasteiger partial charge in [0.1, 0.15) is 11.7 Å². The molecule has 1 atom stereocenters. The van der Waals surface area contributed by atoms with Gasteiger partial charge in [-0.3, -0.25) is 9.59 Å². The number of ether oxygens (including phenoxy) is 1. The van der Waals surface area contributed by atoms with Crippen LogP contribution in [0, 0.1) is 17.2 Å². The Hall–Kier alpha value is -2.15. The highest BCUT2D eigenvalue weighted by atomic mass is 16.5. The molecular weight excluding hydrogens is 242 g/mol. The Morgan fingerprint density at radius 3 is 2.37 bits per heavy atom. The molecule has 0 fully saturated rings. The molecule has 0 bridgehead atoms. The van der Waals surface area contributed by atoms with Crippen molar-refractivity contribution in [3.63, 3.8) is 0 Å². The molecule has 0 aliphatic heterocycles. The largest absolute Gasteiger partial charge is 0.465 e. The van der Waals surface area contributed by atoms with Gasteiger partial charge in [-0.2, -0.15) is 5.26 Å². The average Bonchev–Trinajstić information content (AvgIpc) is 2.44. The van der Waals surface area contributed by atoms with Crippen LogP contribution in [0.1, 0.15) is 31.4 Å². The van der Waals surface area contributed by atoms with Gasteiger partial charge in [0.15, 0.2) is 0 Å². The van der Waals surface area contributed by atoms with Gasteiger partial charge in [0, 0.05) is 6.42 Å². The summed E-state index contributed by atoms with van der Waals surface area (Å²) in [6.45, 7) is 3.71. The van der Waals surface area contributed by atoms with Crippen LogP contribution in [0.4, 0.5) is 0 Å². The molecule has 0 aromatic heterocycles. The molecule has 0 aliphatic rings. The van der Waals surface area contributed by atoms with Crippen LogP contribution in [-0.2, 0) is 20.7 Å². The number of esters is 1. The summed E-state index contributed by atoms with van der Waals surface area (Å²) in [5.74, 6) is -1.35. The highest BCUT2D eigenvalue weighted by Crippen LogP contribution is 2.14. The van der Waals surface area contributed by atoms with Crippen molar-refractivity contribution in [2.75, 3.05) is 6.61 Å². The molecule has 0 saturated carbocycles. The van der Waals surface area contributed by atoms with Gasteiger partial charge < -0.3 is 4.74 Å². The van der Waals surface area contributed by atoms with Gasteiger partial charge in [0.25, 0.3) is 0 Å². The average molecular weight is 259 g/mol. The Morgan fingerprint density at radius 1 is 1.26 bits per heavy atom. The van der Waals surface area contributed by atoms with Gasteiger partial charge in [0.2, 0.25) is 0 Å². The topological polar surface area (TPSA) is 67.2 Å². The van der Waals surface area contributed by atoms with Gasteiger partial charge in [0.05, 0.1) is 18.2 Å². The summed E-state index contributed by atoms with van der Waals surface area (Å²) in [5, 5.41) is 8.72. The van der Waals surface area contributed by atoms with Crippen LogP contribution in [0.15, 0.2) is 24.3 Å². The van der Waals surface area contributed by atoms with Crippen LogP contribution >= 0.6 is 0 Å². The molecule has 0 saturated heterocycles. The lowest BCUT2D eigenvalue weighted by molar-refractivity contribution is -0.151. The van der Waals surface area contributed by atoms with Gasteiger partial charge in [-0.25, -0.2) is 0 Å². The third-order valence-corrected chi connectivity index (χ3v) is 2.83. The number of carbonyl (C=O) groups is 2. The zero-order chi connectivity index (χ0) is 14.3. The first-order valence-corrected chi connectivity index (χ1v) is 6.30. The second-order valence-electron chi connectivity index (χ2n) is 4.14. The summed E-state index contributed by atoms with van der Waals surface area (Å²) in [6.07, 6.45) is 0.622. The van der Waals surface area contributed by atoms with E-state index < -0.39 is 11.9 Å². The summed E-state index contributed by atoms with van der Waals surface area (Å²) >= 11 is 0. The SMILES string of the molecule is CCOC(=O)C(Cc1ccc(C#N)cc1)C(=O)CC. The summed E-state index contributed by atoms with van der Waals surface area (Å²) in [7, 11) is 0. The fourth-order valence-corrected chi connectivity index (χ4v) is 1.77. The first kappa shape index (κ1) is 14.9. The standard InChI is InChI=1S/C15H17NO3/c1-3-14(17)13(15(18)19-4-2)9-11-5-7-12(10-16)8-6-11/h5-8,13H,3-4,9H2,1-2H3. The number of nitrogens with zero attached hydrogens (tertiary/aromatic N) is 1. The fourth-order valence-electron chi connectivity index (χ4n) is 1.77. The normalized spacial score (nSPS) is 11.4. The highest BCUT2D eigenvalue weighted by Gasteiger charge is 2.26. The molecule has 1 rings (SSSR count). The Kier molecular flexibility index (Phi) is 5.74. The lowest BCUT2D eigenvalue weighted by Gasteiger charge is -2.13. The molecule has 19 heavy (non-hydrogen) atoms. The van der Waals surface area contributed by atoms with Crippen molar-refractivity contribution >= 4 is 11.8 Å². The molecule has 0 aliphatic carbocycles. The molecule has 0 radical (unpaired) electrons. The maximum absolute atomic E-state index is 11.8. The summed E-state index contributed by atoms with van der Waals surface area (Å²) in [5.41, 5.74) is 1.40. The van der Waals surface area contributed by atoms with E-state index in [1.54, 1.807) is 38.1 Å². The van der Waals surface area contributed by atoms with Crippen LogP contribution in [0.5, 0.6) is 0 Å². The maximum Gasteiger partial charge on any atom is 0.316 e. The minimum Gasteiger partial charge on any atom is -0.465 e. The Morgan fingerprint density at radius 2 is 1.89 bits per heavy atom. The number of benzene rings is 1. The molecule has 4 heteroatoms. The lowest BCUT2D eigenvalue weighted by atomic mass is 9.93. The highest BCUT2D eigenvalue weighted by molar-refractivity contribution is 5.99. The van der Waals surface area contributed by atoms with Crippen molar-refractivity contribution in [3.8, 4) is 6.07 Å². The van der Waals surface area contributed by atoms with Crippen LogP contribution in [0.25, 0.3) is 0 Å². The van der Waals surface area contributed by atoms with Crippen molar-refractivity contribution < 1.29 is 14.3 Å². The number of hydrogen-bond donors (Lipinski definition) is 0. The molecule has 1 aromatic rings. The van der Waals surface area contributed by atoms with E-state index in [1.807, 2.05) is 6.07 Å². The molecule has 0 heterocycles. The van der Waals surface area contributed by atoms with E-state index >= 15 is 0 Å². The monoisotopic (exact) mass is 259 g/mol. The van der Waals surface area contributed by atoms with Crippen LogP contribution in [0.3, 0.4) is 0 Å². The summed E-state index contributed by atoms with van der Waals surface area (Å²) in [6, 6.07) is 8.89. The van der Waals surface area contributed by atoms with Gasteiger partial charge in [-0.1, -0.05) is 19.1 Å². The molecular formula is C15H17NO3. The second-order valence-corrected chi connectivity index (χ2v) is 4.14. The third kappa shape index (κ3) is 4.22. The first-order chi connectivity index (χ1) is 9.12. The Labute approximate surface area is 113 Å². The van der Waals surface area contributed by atoms with Crippen molar-refractivity contribution in [3.05, 3.63) is 35.4 Å². The van der Waals surface area contributed by atoms with E-state index in [0.717, 1.165) is 5.56 Å². The van der Waals surface area contributed by atoms with Crippen LogP contribution in [0.2, 0.25) is 0 Å². The van der Waals surface area contributed by atoms with E-state index in [4.69, 9.17) is 10.00 Å². The molecule has 1 aromatic carbocycles. The predicted octanol–water partition coefficient (Wildman–Crippen LogP) is 2.26. The molecule has 1 unspecified atom stereocenters. The zero-order valence-electron chi connectivity index (χ0n) is 11.2. The molecule has 0 spiro atoms. The van der Waals surface area contributed by atoms with Crippen molar-refractivity contribution in [1.29, 1.82) is 5.26 Å². The van der Waals surface area contributed by atoms with Gasteiger partial charge in [-0.05, 0) is 31.0 Å². The minimum absolute atomic E-state index is 0.122. The van der Waals surface area contributed by atoms with E-state index in [2.05, 4.69) is 0 Å². The molecule has 4 nitrogen and oxygen atoms in total. The van der Waals surface area contributed by atoms with Crippen LogP contribution in [-0.4, -0.2) is 18.4 Å². The number of rotatable bonds is 6.